The lowest BCUT2D eigenvalue weighted by Gasteiger charge is -2.33. The van der Waals surface area contributed by atoms with Crippen molar-refractivity contribution in [3.8, 4) is 11.3 Å². The molecule has 9 heteroatoms. The highest BCUT2D eigenvalue weighted by atomic mass is 19.1. The predicted octanol–water partition coefficient (Wildman–Crippen LogP) is 4.28. The molecule has 4 heterocycles. The van der Waals surface area contributed by atoms with E-state index in [0.29, 0.717) is 69.2 Å². The van der Waals surface area contributed by atoms with Gasteiger partial charge < -0.3 is 18.9 Å². The van der Waals surface area contributed by atoms with Gasteiger partial charge in [-0.15, -0.1) is 0 Å². The quantitative estimate of drug-likeness (QED) is 0.499. The largest absolute Gasteiger partial charge is 0.374 e. The third-order valence-corrected chi connectivity index (χ3v) is 7.60. The van der Waals surface area contributed by atoms with E-state index >= 15 is 8.78 Å². The predicted molar refractivity (Wildman–Crippen MR) is 134 cm³/mol. The fraction of sp³-hybridized carbons (Fsp3) is 0.464. The SMILES string of the molecule is Cc1ccn2c(CC3CN(C(=O)CC4CC4)CCO3)c(-c3c(F)cc(N4CCCC4=O)cc3F)nc2c1. The Morgan fingerprint density at radius 1 is 1.16 bits per heavy atom. The van der Waals surface area contributed by atoms with Crippen molar-refractivity contribution in [2.45, 2.75) is 51.6 Å². The van der Waals surface area contributed by atoms with Crippen molar-refractivity contribution < 1.29 is 23.1 Å². The van der Waals surface area contributed by atoms with E-state index in [0.717, 1.165) is 18.4 Å². The van der Waals surface area contributed by atoms with E-state index in [1.165, 1.54) is 17.0 Å². The molecule has 2 aromatic heterocycles. The molecule has 1 saturated carbocycles. The van der Waals surface area contributed by atoms with Crippen molar-refractivity contribution in [1.82, 2.24) is 14.3 Å². The van der Waals surface area contributed by atoms with Crippen LogP contribution in [0.1, 0.15) is 43.4 Å². The van der Waals surface area contributed by atoms with Crippen LogP contribution in [0.15, 0.2) is 30.5 Å². The average molecular weight is 509 g/mol. The van der Waals surface area contributed by atoms with Gasteiger partial charge in [0.1, 0.15) is 17.3 Å². The summed E-state index contributed by atoms with van der Waals surface area (Å²) in [6.45, 7) is 3.80. The van der Waals surface area contributed by atoms with Crippen LogP contribution >= 0.6 is 0 Å². The number of amides is 2. The molecule has 2 amide bonds. The topological polar surface area (TPSA) is 67.2 Å². The Hall–Kier alpha value is -3.33. The van der Waals surface area contributed by atoms with Crippen LogP contribution < -0.4 is 4.90 Å². The molecule has 2 aliphatic heterocycles. The number of carbonyl (C=O) groups is 2. The number of aryl methyl sites for hydroxylation is 1. The number of aromatic nitrogens is 2. The fourth-order valence-corrected chi connectivity index (χ4v) is 5.44. The number of ether oxygens (including phenoxy) is 1. The van der Waals surface area contributed by atoms with Crippen molar-refractivity contribution >= 4 is 23.1 Å². The number of pyridine rings is 1. The summed E-state index contributed by atoms with van der Waals surface area (Å²) in [5.74, 6) is -1.00. The first kappa shape index (κ1) is 24.0. The molecule has 1 aliphatic carbocycles. The first-order valence-corrected chi connectivity index (χ1v) is 13.0. The molecular formula is C28H30F2N4O3. The number of anilines is 1. The van der Waals surface area contributed by atoms with Crippen LogP contribution in [0.3, 0.4) is 0 Å². The second kappa shape index (κ2) is 9.52. The standard InChI is InChI=1S/C28H30F2N4O3/c1-17-6-8-34-23(15-20-16-32(9-10-37-20)26(36)12-18-4-5-18)28(31-24(34)11-17)27-21(29)13-19(14-22(27)30)33-7-2-3-25(33)35/h6,8,11,13-14,18,20H,2-5,7,9-10,12,15-16H2,1H3. The number of carbonyl (C=O) groups excluding carboxylic acids is 2. The van der Waals surface area contributed by atoms with Gasteiger partial charge in [0, 0.05) is 50.8 Å². The lowest BCUT2D eigenvalue weighted by Crippen LogP contribution is -2.46. The zero-order valence-corrected chi connectivity index (χ0v) is 20.9. The number of halogens is 2. The van der Waals surface area contributed by atoms with Crippen molar-refractivity contribution in [3.63, 3.8) is 0 Å². The highest BCUT2D eigenvalue weighted by Crippen LogP contribution is 2.35. The number of nitrogens with zero attached hydrogens (tertiary/aromatic N) is 4. The summed E-state index contributed by atoms with van der Waals surface area (Å²) < 4.78 is 38.9. The number of rotatable bonds is 6. The van der Waals surface area contributed by atoms with E-state index in [1.807, 2.05) is 34.6 Å². The summed E-state index contributed by atoms with van der Waals surface area (Å²) in [4.78, 5) is 32.8. The minimum atomic E-state index is -0.762. The maximum Gasteiger partial charge on any atom is 0.227 e. The van der Waals surface area contributed by atoms with Crippen LogP contribution in [0.25, 0.3) is 16.9 Å². The second-order valence-corrected chi connectivity index (χ2v) is 10.5. The number of hydrogen-bond donors (Lipinski definition) is 0. The number of imidazole rings is 1. The van der Waals surface area contributed by atoms with Crippen LogP contribution in [0, 0.1) is 24.5 Å². The van der Waals surface area contributed by atoms with Crippen LogP contribution in [0.5, 0.6) is 0 Å². The molecule has 0 radical (unpaired) electrons. The first-order valence-electron chi connectivity index (χ1n) is 13.0. The first-order chi connectivity index (χ1) is 17.9. The minimum absolute atomic E-state index is 0.134. The highest BCUT2D eigenvalue weighted by molar-refractivity contribution is 5.95. The average Bonchev–Trinajstić information content (AvgIpc) is 3.47. The number of hydrogen-bond acceptors (Lipinski definition) is 4. The van der Waals surface area contributed by atoms with Gasteiger partial charge in [0.25, 0.3) is 0 Å². The third-order valence-electron chi connectivity index (χ3n) is 7.60. The molecule has 0 bridgehead atoms. The monoisotopic (exact) mass is 508 g/mol. The van der Waals surface area contributed by atoms with E-state index in [9.17, 15) is 9.59 Å². The van der Waals surface area contributed by atoms with Crippen LogP contribution in [-0.2, 0) is 20.7 Å². The molecule has 1 atom stereocenters. The van der Waals surface area contributed by atoms with E-state index in [1.54, 1.807) is 0 Å². The molecule has 7 nitrogen and oxygen atoms in total. The van der Waals surface area contributed by atoms with Gasteiger partial charge in [0.15, 0.2) is 0 Å². The Balaban J connectivity index is 1.35. The molecule has 2 saturated heterocycles. The van der Waals surface area contributed by atoms with Crippen molar-refractivity contribution in [2.24, 2.45) is 5.92 Å². The highest BCUT2D eigenvalue weighted by Gasteiger charge is 2.32. The maximum absolute atomic E-state index is 15.5. The Morgan fingerprint density at radius 3 is 2.65 bits per heavy atom. The number of morpholine rings is 1. The van der Waals surface area contributed by atoms with Gasteiger partial charge in [-0.2, -0.15) is 0 Å². The Bertz CT molecular complexity index is 1360. The summed E-state index contributed by atoms with van der Waals surface area (Å²) in [6, 6.07) is 6.23. The van der Waals surface area contributed by atoms with Gasteiger partial charge in [-0.3, -0.25) is 9.59 Å². The van der Waals surface area contributed by atoms with E-state index < -0.39 is 11.6 Å². The fourth-order valence-electron chi connectivity index (χ4n) is 5.44. The lowest BCUT2D eigenvalue weighted by atomic mass is 10.0. The second-order valence-electron chi connectivity index (χ2n) is 10.5. The summed E-state index contributed by atoms with van der Waals surface area (Å²) in [7, 11) is 0. The van der Waals surface area contributed by atoms with Crippen molar-refractivity contribution in [1.29, 1.82) is 0 Å². The molecule has 6 rings (SSSR count). The van der Waals surface area contributed by atoms with Crippen molar-refractivity contribution in [3.05, 3.63) is 53.4 Å². The van der Waals surface area contributed by atoms with E-state index in [2.05, 4.69) is 4.98 Å². The summed E-state index contributed by atoms with van der Waals surface area (Å²) in [5, 5.41) is 0. The normalized spacial score (nSPS) is 20.3. The Labute approximate surface area is 214 Å². The zero-order valence-electron chi connectivity index (χ0n) is 20.9. The molecule has 1 unspecified atom stereocenters. The minimum Gasteiger partial charge on any atom is -0.374 e. The van der Waals surface area contributed by atoms with Gasteiger partial charge in [-0.05, 0) is 61.9 Å². The van der Waals surface area contributed by atoms with E-state index in [4.69, 9.17) is 4.74 Å². The zero-order chi connectivity index (χ0) is 25.7. The summed E-state index contributed by atoms with van der Waals surface area (Å²) >= 11 is 0. The molecule has 0 N–H and O–H groups in total. The van der Waals surface area contributed by atoms with Crippen molar-refractivity contribution in [2.75, 3.05) is 31.1 Å². The van der Waals surface area contributed by atoms with Gasteiger partial charge in [-0.25, -0.2) is 13.8 Å². The summed E-state index contributed by atoms with van der Waals surface area (Å²) in [5.41, 5.74) is 2.40. The third kappa shape index (κ3) is 4.72. The number of benzene rings is 1. The Kier molecular flexibility index (Phi) is 6.18. The van der Waals surface area contributed by atoms with Gasteiger partial charge in [-0.1, -0.05) is 0 Å². The van der Waals surface area contributed by atoms with Crippen LogP contribution in [0.4, 0.5) is 14.5 Å². The van der Waals surface area contributed by atoms with E-state index in [-0.39, 0.29) is 34.9 Å². The van der Waals surface area contributed by atoms with Crippen LogP contribution in [-0.4, -0.2) is 58.4 Å². The molecule has 3 aliphatic rings. The molecule has 37 heavy (non-hydrogen) atoms. The Morgan fingerprint density at radius 2 is 1.95 bits per heavy atom. The molecule has 3 fully saturated rings. The molecule has 3 aromatic rings. The molecular weight excluding hydrogens is 478 g/mol. The van der Waals surface area contributed by atoms with Gasteiger partial charge in [0.05, 0.1) is 29.7 Å². The van der Waals surface area contributed by atoms with Gasteiger partial charge in [0.2, 0.25) is 11.8 Å². The number of fused-ring (bicyclic) bond motifs is 1. The smallest absolute Gasteiger partial charge is 0.227 e. The molecule has 1 aromatic carbocycles. The summed E-state index contributed by atoms with van der Waals surface area (Å²) in [6.07, 6.45) is 5.74. The lowest BCUT2D eigenvalue weighted by molar-refractivity contribution is -0.139. The van der Waals surface area contributed by atoms with Gasteiger partial charge >= 0.3 is 0 Å². The maximum atomic E-state index is 15.5. The molecule has 0 spiro atoms. The van der Waals surface area contributed by atoms with Crippen LogP contribution in [0.2, 0.25) is 0 Å². The molecule has 194 valence electrons.